The number of nitrogens with one attached hydrogen (secondary N) is 2. The Hall–Kier alpha value is -1.88. The fourth-order valence-electron chi connectivity index (χ4n) is 2.19. The van der Waals surface area contributed by atoms with Crippen LogP contribution in [0.25, 0.3) is 0 Å². The molecule has 1 aromatic rings. The Bertz CT molecular complexity index is 445. The number of hydrogen-bond donors (Lipinski definition) is 3. The Morgan fingerprint density at radius 2 is 2.00 bits per heavy atom. The van der Waals surface area contributed by atoms with Gasteiger partial charge in [0.05, 0.1) is 6.04 Å². The third-order valence-electron chi connectivity index (χ3n) is 3.01. The van der Waals surface area contributed by atoms with Crippen LogP contribution in [0, 0.1) is 0 Å². The summed E-state index contributed by atoms with van der Waals surface area (Å²) in [5.41, 5.74) is 4.16. The number of amides is 2. The van der Waals surface area contributed by atoms with Crippen LogP contribution in [0.2, 0.25) is 0 Å². The minimum atomic E-state index is -0.812. The van der Waals surface area contributed by atoms with Gasteiger partial charge in [0, 0.05) is 0 Å². The van der Waals surface area contributed by atoms with Gasteiger partial charge in [-0.1, -0.05) is 24.3 Å². The van der Waals surface area contributed by atoms with E-state index in [1.54, 1.807) is 0 Å². The molecule has 0 fully saturated rings. The predicted molar refractivity (Wildman–Crippen MR) is 62.6 cm³/mol. The number of aryl methyl sites for hydroxylation is 1. The second kappa shape index (κ2) is 4.97. The van der Waals surface area contributed by atoms with Crippen LogP contribution in [-0.4, -0.2) is 11.8 Å². The molecule has 5 nitrogen and oxygen atoms in total. The Morgan fingerprint density at radius 3 is 2.76 bits per heavy atom. The van der Waals surface area contributed by atoms with Gasteiger partial charge in [0.25, 0.3) is 0 Å². The van der Waals surface area contributed by atoms with Crippen molar-refractivity contribution >= 4 is 11.8 Å². The molecule has 0 saturated carbocycles. The van der Waals surface area contributed by atoms with Crippen LogP contribution in [0.15, 0.2) is 24.3 Å². The van der Waals surface area contributed by atoms with Crippen LogP contribution in [0.3, 0.4) is 0 Å². The summed E-state index contributed by atoms with van der Waals surface area (Å²) in [6.07, 6.45) is 2.87. The smallest absolute Gasteiger partial charge is 0.323 e. The third-order valence-corrected chi connectivity index (χ3v) is 3.01. The predicted octanol–water partition coefficient (Wildman–Crippen LogP) is 0.170. The molecule has 2 rings (SSSR count). The average molecular weight is 233 g/mol. The quantitative estimate of drug-likeness (QED) is 0.280. The molecule has 1 atom stereocenters. The topological polar surface area (TPSA) is 84.2 Å². The second-order valence-corrected chi connectivity index (χ2v) is 4.09. The van der Waals surface area contributed by atoms with Crippen LogP contribution in [-0.2, 0) is 16.0 Å². The number of nitrogens with two attached hydrogens (primary N) is 1. The Balaban J connectivity index is 2.14. The molecule has 0 heterocycles. The van der Waals surface area contributed by atoms with Gasteiger partial charge in [0.2, 0.25) is 0 Å². The molecule has 2 amide bonds. The summed E-state index contributed by atoms with van der Waals surface area (Å²) in [5.74, 6) is 3.41. The third kappa shape index (κ3) is 2.45. The van der Waals surface area contributed by atoms with Crippen molar-refractivity contribution in [3.63, 3.8) is 0 Å². The first-order valence-corrected chi connectivity index (χ1v) is 5.61. The fraction of sp³-hybridized carbons (Fsp3) is 0.333. The number of carbonyl (C=O) groups excluding carboxylic acids is 2. The Kier molecular flexibility index (Phi) is 3.39. The van der Waals surface area contributed by atoms with Crippen molar-refractivity contribution in [1.82, 2.24) is 10.7 Å². The van der Waals surface area contributed by atoms with Crippen molar-refractivity contribution in [2.45, 2.75) is 25.3 Å². The van der Waals surface area contributed by atoms with Gasteiger partial charge in [0.15, 0.2) is 0 Å². The van der Waals surface area contributed by atoms with Gasteiger partial charge < -0.3 is 5.32 Å². The van der Waals surface area contributed by atoms with E-state index in [0.717, 1.165) is 24.8 Å². The maximum absolute atomic E-state index is 11.4. The van der Waals surface area contributed by atoms with Crippen molar-refractivity contribution in [3.05, 3.63) is 35.4 Å². The van der Waals surface area contributed by atoms with E-state index in [1.807, 2.05) is 23.6 Å². The van der Waals surface area contributed by atoms with Crippen molar-refractivity contribution in [3.8, 4) is 0 Å². The van der Waals surface area contributed by atoms with Gasteiger partial charge >= 0.3 is 11.8 Å². The summed E-state index contributed by atoms with van der Waals surface area (Å²) in [7, 11) is 0. The first-order valence-electron chi connectivity index (χ1n) is 5.61. The lowest BCUT2D eigenvalue weighted by Crippen LogP contribution is -2.44. The van der Waals surface area contributed by atoms with Gasteiger partial charge in [-0.15, -0.1) is 0 Å². The average Bonchev–Trinajstić information content (AvgIpc) is 2.38. The fourth-order valence-corrected chi connectivity index (χ4v) is 2.19. The van der Waals surface area contributed by atoms with E-state index in [-0.39, 0.29) is 6.04 Å². The first-order chi connectivity index (χ1) is 8.22. The van der Waals surface area contributed by atoms with Crippen molar-refractivity contribution < 1.29 is 9.59 Å². The van der Waals surface area contributed by atoms with Crippen LogP contribution in [0.4, 0.5) is 0 Å². The van der Waals surface area contributed by atoms with E-state index < -0.39 is 11.8 Å². The first kappa shape index (κ1) is 11.6. The summed E-state index contributed by atoms with van der Waals surface area (Å²) in [5, 5.41) is 2.69. The molecule has 1 aliphatic carbocycles. The SMILES string of the molecule is NNC(=O)C(=O)NC1CCCc2ccccc21. The standard InChI is InChI=1S/C12H15N3O2/c13-15-12(17)11(16)14-10-7-3-5-8-4-1-2-6-9(8)10/h1-2,4,6,10H,3,5,7,13H2,(H,14,16)(H,15,17). The highest BCUT2D eigenvalue weighted by Gasteiger charge is 2.23. The van der Waals surface area contributed by atoms with Crippen LogP contribution < -0.4 is 16.6 Å². The maximum Gasteiger partial charge on any atom is 0.323 e. The zero-order valence-corrected chi connectivity index (χ0v) is 9.40. The summed E-state index contributed by atoms with van der Waals surface area (Å²) < 4.78 is 0. The van der Waals surface area contributed by atoms with E-state index >= 15 is 0 Å². The van der Waals surface area contributed by atoms with Crippen LogP contribution >= 0.6 is 0 Å². The number of fused-ring (bicyclic) bond motifs is 1. The molecule has 90 valence electrons. The van der Waals surface area contributed by atoms with E-state index in [9.17, 15) is 9.59 Å². The molecule has 0 radical (unpaired) electrons. The van der Waals surface area contributed by atoms with Gasteiger partial charge in [-0.25, -0.2) is 5.84 Å². The molecule has 1 unspecified atom stereocenters. The molecular formula is C12H15N3O2. The molecule has 0 spiro atoms. The summed E-state index contributed by atoms with van der Waals surface area (Å²) in [4.78, 5) is 22.5. The number of hydrogen-bond acceptors (Lipinski definition) is 3. The molecule has 1 aromatic carbocycles. The second-order valence-electron chi connectivity index (χ2n) is 4.09. The van der Waals surface area contributed by atoms with E-state index in [1.165, 1.54) is 5.56 Å². The summed E-state index contributed by atoms with van der Waals surface area (Å²) in [6.45, 7) is 0. The van der Waals surface area contributed by atoms with Crippen LogP contribution in [0.5, 0.6) is 0 Å². The molecule has 5 heteroatoms. The highest BCUT2D eigenvalue weighted by molar-refractivity contribution is 6.34. The zero-order valence-electron chi connectivity index (χ0n) is 9.40. The van der Waals surface area contributed by atoms with Gasteiger partial charge in [-0.3, -0.25) is 15.0 Å². The molecule has 4 N–H and O–H groups in total. The minimum absolute atomic E-state index is 0.0928. The van der Waals surface area contributed by atoms with Crippen molar-refractivity contribution in [2.24, 2.45) is 5.84 Å². The number of rotatable bonds is 1. The minimum Gasteiger partial charge on any atom is -0.341 e. The number of hydrazine groups is 1. The maximum atomic E-state index is 11.4. The van der Waals surface area contributed by atoms with E-state index in [0.29, 0.717) is 0 Å². The lowest BCUT2D eigenvalue weighted by atomic mass is 9.88. The van der Waals surface area contributed by atoms with Crippen LogP contribution in [0.1, 0.15) is 30.0 Å². The molecular weight excluding hydrogens is 218 g/mol. The molecule has 17 heavy (non-hydrogen) atoms. The largest absolute Gasteiger partial charge is 0.341 e. The van der Waals surface area contributed by atoms with Gasteiger partial charge in [-0.2, -0.15) is 0 Å². The monoisotopic (exact) mass is 233 g/mol. The molecule has 0 bridgehead atoms. The number of carbonyl (C=O) groups is 2. The molecule has 1 aliphatic rings. The lowest BCUT2D eigenvalue weighted by molar-refractivity contribution is -0.139. The number of benzene rings is 1. The lowest BCUT2D eigenvalue weighted by Gasteiger charge is -2.25. The van der Waals surface area contributed by atoms with Gasteiger partial charge in [-0.05, 0) is 30.4 Å². The van der Waals surface area contributed by atoms with Crippen molar-refractivity contribution in [2.75, 3.05) is 0 Å². The van der Waals surface area contributed by atoms with E-state index in [2.05, 4.69) is 11.4 Å². The van der Waals surface area contributed by atoms with Crippen molar-refractivity contribution in [1.29, 1.82) is 0 Å². The zero-order chi connectivity index (χ0) is 12.3. The summed E-state index contributed by atoms with van der Waals surface area (Å²) >= 11 is 0. The highest BCUT2D eigenvalue weighted by atomic mass is 16.2. The van der Waals surface area contributed by atoms with E-state index in [4.69, 9.17) is 5.84 Å². The van der Waals surface area contributed by atoms with Gasteiger partial charge in [0.1, 0.15) is 0 Å². The normalized spacial score (nSPS) is 18.1. The summed E-state index contributed by atoms with van der Waals surface area (Å²) in [6, 6.07) is 7.86. The highest BCUT2D eigenvalue weighted by Crippen LogP contribution is 2.29. The molecule has 0 saturated heterocycles. The Morgan fingerprint density at radius 1 is 1.24 bits per heavy atom. The Labute approximate surface area is 99.3 Å². The molecule has 0 aromatic heterocycles. The molecule has 0 aliphatic heterocycles.